The lowest BCUT2D eigenvalue weighted by Gasteiger charge is -2.38. The normalized spacial score (nSPS) is 23.7. The first-order chi connectivity index (χ1) is 11.2. The standard InChI is InChI=1S/C17H23NO6/c1-16(2,3)24-15(21)18-11-10-13(19)17(18,14(20)22-4)23-12-8-6-5-7-9-12/h5-9,13,19H,10-11H2,1-4H3/t13?,17-/m1/s1. The summed E-state index contributed by atoms with van der Waals surface area (Å²) in [4.78, 5) is 26.1. The molecule has 0 aliphatic carbocycles. The SMILES string of the molecule is COC(=O)[C@]1(Oc2ccccc2)C(O)CCN1C(=O)OC(C)(C)C. The summed E-state index contributed by atoms with van der Waals surface area (Å²) in [7, 11) is 1.18. The number of likely N-dealkylation sites (tertiary alicyclic amines) is 1. The van der Waals surface area contributed by atoms with E-state index in [2.05, 4.69) is 0 Å². The van der Waals surface area contributed by atoms with Crippen LogP contribution in [0.25, 0.3) is 0 Å². The van der Waals surface area contributed by atoms with E-state index in [-0.39, 0.29) is 13.0 Å². The molecule has 1 amide bonds. The van der Waals surface area contributed by atoms with Crippen LogP contribution in [0.15, 0.2) is 30.3 Å². The molecule has 0 saturated carbocycles. The number of carbonyl (C=O) groups is 2. The van der Waals surface area contributed by atoms with Crippen molar-refractivity contribution in [3.8, 4) is 5.75 Å². The fourth-order valence-electron chi connectivity index (χ4n) is 2.56. The molecule has 0 spiro atoms. The van der Waals surface area contributed by atoms with Crippen LogP contribution in [0.2, 0.25) is 0 Å². The molecule has 7 heteroatoms. The number of hydrogen-bond donors (Lipinski definition) is 1. The number of amides is 1. The molecule has 1 heterocycles. The summed E-state index contributed by atoms with van der Waals surface area (Å²) in [5.74, 6) is -0.528. The number of rotatable bonds is 3. The van der Waals surface area contributed by atoms with Gasteiger partial charge in [-0.15, -0.1) is 0 Å². The predicted molar refractivity (Wildman–Crippen MR) is 85.4 cm³/mol. The highest BCUT2D eigenvalue weighted by Crippen LogP contribution is 2.35. The van der Waals surface area contributed by atoms with Gasteiger partial charge in [-0.25, -0.2) is 9.59 Å². The second-order valence-corrected chi connectivity index (χ2v) is 6.54. The Labute approximate surface area is 141 Å². The van der Waals surface area contributed by atoms with E-state index in [1.807, 2.05) is 0 Å². The molecule has 132 valence electrons. The van der Waals surface area contributed by atoms with E-state index in [1.54, 1.807) is 51.1 Å². The Morgan fingerprint density at radius 3 is 2.42 bits per heavy atom. The maximum Gasteiger partial charge on any atom is 0.413 e. The molecule has 2 rings (SSSR count). The monoisotopic (exact) mass is 337 g/mol. The zero-order chi connectivity index (χ0) is 18.0. The van der Waals surface area contributed by atoms with Gasteiger partial charge in [0.05, 0.1) is 7.11 Å². The number of aliphatic hydroxyl groups excluding tert-OH is 1. The Kier molecular flexibility index (Phi) is 5.03. The van der Waals surface area contributed by atoms with Crippen LogP contribution in [-0.4, -0.2) is 53.2 Å². The van der Waals surface area contributed by atoms with Crippen LogP contribution in [0.4, 0.5) is 4.79 Å². The van der Waals surface area contributed by atoms with Gasteiger partial charge in [-0.05, 0) is 39.3 Å². The Balaban J connectivity index is 2.41. The van der Waals surface area contributed by atoms with E-state index in [0.29, 0.717) is 5.75 Å². The molecule has 1 N–H and O–H groups in total. The first kappa shape index (κ1) is 18.1. The van der Waals surface area contributed by atoms with Gasteiger partial charge in [0, 0.05) is 6.54 Å². The maximum absolute atomic E-state index is 12.5. The van der Waals surface area contributed by atoms with Gasteiger partial charge in [-0.3, -0.25) is 4.90 Å². The summed E-state index contributed by atoms with van der Waals surface area (Å²) < 4.78 is 15.9. The van der Waals surface area contributed by atoms with Crippen molar-refractivity contribution in [1.29, 1.82) is 0 Å². The van der Waals surface area contributed by atoms with E-state index in [1.165, 1.54) is 7.11 Å². The van der Waals surface area contributed by atoms with Crippen LogP contribution in [-0.2, 0) is 14.3 Å². The molecule has 1 aliphatic heterocycles. The van der Waals surface area contributed by atoms with Gasteiger partial charge >= 0.3 is 17.8 Å². The summed E-state index contributed by atoms with van der Waals surface area (Å²) in [6.07, 6.45) is -1.82. The lowest BCUT2D eigenvalue weighted by molar-refractivity contribution is -0.186. The van der Waals surface area contributed by atoms with Crippen molar-refractivity contribution in [2.45, 2.75) is 44.6 Å². The quantitative estimate of drug-likeness (QED) is 0.849. The molecule has 0 bridgehead atoms. The highest BCUT2D eigenvalue weighted by molar-refractivity contribution is 5.86. The topological polar surface area (TPSA) is 85.3 Å². The van der Waals surface area contributed by atoms with Crippen LogP contribution in [0.3, 0.4) is 0 Å². The Morgan fingerprint density at radius 2 is 1.88 bits per heavy atom. The minimum Gasteiger partial charge on any atom is -0.465 e. The van der Waals surface area contributed by atoms with Crippen LogP contribution in [0.5, 0.6) is 5.75 Å². The third kappa shape index (κ3) is 3.46. The average Bonchev–Trinajstić information content (AvgIpc) is 2.84. The van der Waals surface area contributed by atoms with Crippen molar-refractivity contribution < 1.29 is 28.9 Å². The highest BCUT2D eigenvalue weighted by atomic mass is 16.6. The molecule has 1 aromatic rings. The van der Waals surface area contributed by atoms with Crippen molar-refractivity contribution in [2.24, 2.45) is 0 Å². The van der Waals surface area contributed by atoms with Crippen LogP contribution in [0, 0.1) is 0 Å². The number of para-hydroxylation sites is 1. The van der Waals surface area contributed by atoms with E-state index in [9.17, 15) is 14.7 Å². The first-order valence-corrected chi connectivity index (χ1v) is 7.72. The highest BCUT2D eigenvalue weighted by Gasteiger charge is 2.61. The van der Waals surface area contributed by atoms with Crippen LogP contribution >= 0.6 is 0 Å². The third-order valence-electron chi connectivity index (χ3n) is 3.59. The summed E-state index contributed by atoms with van der Waals surface area (Å²) in [6, 6.07) is 8.49. The fourth-order valence-corrected chi connectivity index (χ4v) is 2.56. The van der Waals surface area contributed by atoms with E-state index >= 15 is 0 Å². The summed E-state index contributed by atoms with van der Waals surface area (Å²) >= 11 is 0. The van der Waals surface area contributed by atoms with Crippen LogP contribution < -0.4 is 4.74 Å². The van der Waals surface area contributed by atoms with Crippen molar-refractivity contribution in [3.63, 3.8) is 0 Å². The van der Waals surface area contributed by atoms with Gasteiger partial charge in [0.2, 0.25) is 0 Å². The van der Waals surface area contributed by atoms with E-state index in [4.69, 9.17) is 14.2 Å². The van der Waals surface area contributed by atoms with Crippen molar-refractivity contribution in [3.05, 3.63) is 30.3 Å². The number of benzene rings is 1. The maximum atomic E-state index is 12.5. The first-order valence-electron chi connectivity index (χ1n) is 7.72. The van der Waals surface area contributed by atoms with Gasteiger partial charge < -0.3 is 19.3 Å². The van der Waals surface area contributed by atoms with Gasteiger partial charge in [0.1, 0.15) is 17.5 Å². The largest absolute Gasteiger partial charge is 0.465 e. The molecule has 1 aliphatic rings. The summed E-state index contributed by atoms with van der Waals surface area (Å²) in [6.45, 7) is 5.26. The molecule has 0 aromatic heterocycles. The predicted octanol–water partition coefficient (Wildman–Crippen LogP) is 1.94. The number of carbonyl (C=O) groups excluding carboxylic acids is 2. The minimum absolute atomic E-state index is 0.109. The lowest BCUT2D eigenvalue weighted by Crippen LogP contribution is -2.63. The molecule has 1 saturated heterocycles. The summed E-state index contributed by atoms with van der Waals surface area (Å²) in [5, 5.41) is 10.4. The molecule has 7 nitrogen and oxygen atoms in total. The van der Waals surface area contributed by atoms with E-state index in [0.717, 1.165) is 4.90 Å². The lowest BCUT2D eigenvalue weighted by atomic mass is 10.1. The summed E-state index contributed by atoms with van der Waals surface area (Å²) in [5.41, 5.74) is -2.72. The molecule has 1 unspecified atom stereocenters. The number of aliphatic hydroxyl groups is 1. The molecule has 1 aromatic carbocycles. The average molecular weight is 337 g/mol. The minimum atomic E-state index is -1.97. The number of ether oxygens (including phenoxy) is 3. The number of hydrogen-bond acceptors (Lipinski definition) is 6. The zero-order valence-corrected chi connectivity index (χ0v) is 14.3. The number of methoxy groups -OCH3 is 1. The Morgan fingerprint density at radius 1 is 1.25 bits per heavy atom. The molecular weight excluding hydrogens is 314 g/mol. The molecule has 1 fully saturated rings. The Bertz CT molecular complexity index is 597. The van der Waals surface area contributed by atoms with Gasteiger partial charge in [0.25, 0.3) is 0 Å². The van der Waals surface area contributed by atoms with Crippen molar-refractivity contribution in [2.75, 3.05) is 13.7 Å². The third-order valence-corrected chi connectivity index (χ3v) is 3.59. The fraction of sp³-hybridized carbons (Fsp3) is 0.529. The van der Waals surface area contributed by atoms with Crippen molar-refractivity contribution in [1.82, 2.24) is 4.90 Å². The van der Waals surface area contributed by atoms with Crippen LogP contribution in [0.1, 0.15) is 27.2 Å². The van der Waals surface area contributed by atoms with Gasteiger partial charge in [-0.2, -0.15) is 0 Å². The molecule has 24 heavy (non-hydrogen) atoms. The second-order valence-electron chi connectivity index (χ2n) is 6.54. The molecule has 0 radical (unpaired) electrons. The molecular formula is C17H23NO6. The second kappa shape index (κ2) is 6.68. The van der Waals surface area contributed by atoms with E-state index < -0.39 is 29.5 Å². The Hall–Kier alpha value is -2.28. The smallest absolute Gasteiger partial charge is 0.413 e. The number of esters is 1. The van der Waals surface area contributed by atoms with Gasteiger partial charge in [-0.1, -0.05) is 18.2 Å². The molecule has 2 atom stereocenters. The van der Waals surface area contributed by atoms with Crippen molar-refractivity contribution >= 4 is 12.1 Å². The number of nitrogens with zero attached hydrogens (tertiary/aromatic N) is 1. The zero-order valence-electron chi connectivity index (χ0n) is 14.3. The van der Waals surface area contributed by atoms with Gasteiger partial charge in [0.15, 0.2) is 0 Å².